The first kappa shape index (κ1) is 42.1. The number of carbonyl (C=O) groups is 3. The molecule has 5 rings (SSSR count). The summed E-state index contributed by atoms with van der Waals surface area (Å²) >= 11 is 0.989. The van der Waals surface area contributed by atoms with Gasteiger partial charge in [-0.05, 0) is 97.8 Å². The van der Waals surface area contributed by atoms with Gasteiger partial charge in [0.25, 0.3) is 12.0 Å². The van der Waals surface area contributed by atoms with Crippen LogP contribution in [0, 0.1) is 65.6 Å². The first-order valence-electron chi connectivity index (χ1n) is 16.2. The number of ether oxygens (including phenoxy) is 1. The third kappa shape index (κ3) is 11.4. The van der Waals surface area contributed by atoms with Gasteiger partial charge in [0.05, 0.1) is 17.5 Å². The molecular formula is C37H33N7O10S2. The number of anilines is 2. The van der Waals surface area contributed by atoms with Crippen LogP contribution in [0.4, 0.5) is 10.9 Å². The average molecular weight is 800 g/mol. The topological polar surface area (TPSA) is 245 Å². The number of hydrogen-bond donors (Lipinski definition) is 5. The van der Waals surface area contributed by atoms with Crippen LogP contribution in [0.15, 0.2) is 41.0 Å². The molecule has 288 valence electrons. The van der Waals surface area contributed by atoms with E-state index >= 15 is 0 Å². The van der Waals surface area contributed by atoms with Crippen molar-refractivity contribution in [3.8, 4) is 65.5 Å². The molecule has 2 fully saturated rings. The maximum absolute atomic E-state index is 13.3. The number of β-lactam (4-membered cyclic amide) rings is 1. The van der Waals surface area contributed by atoms with Crippen LogP contribution >= 0.6 is 11.3 Å². The maximum Gasteiger partial charge on any atom is 0.418 e. The van der Waals surface area contributed by atoms with E-state index < -0.39 is 64.4 Å². The van der Waals surface area contributed by atoms with E-state index in [-0.39, 0.29) is 16.9 Å². The Hall–Kier alpha value is -6.63. The van der Waals surface area contributed by atoms with E-state index in [9.17, 15) is 27.9 Å². The fraction of sp³-hybridized carbons (Fsp3) is 0.297. The molecule has 19 heteroatoms. The Morgan fingerprint density at radius 3 is 2.45 bits per heavy atom. The van der Waals surface area contributed by atoms with E-state index in [2.05, 4.69) is 83.3 Å². The number of thiazole rings is 1. The average Bonchev–Trinajstić information content (AvgIpc) is 3.57. The highest BCUT2D eigenvalue weighted by atomic mass is 32.3. The monoisotopic (exact) mass is 799 g/mol. The fourth-order valence-corrected chi connectivity index (χ4v) is 5.92. The van der Waals surface area contributed by atoms with Crippen molar-refractivity contribution in [1.29, 1.82) is 0 Å². The SMILES string of the molecule is C#CC#CC#CC#CC#CC.CC1(C)C(CC(=O)/C(=N\O[C@@H](COc2ccc3c(NC4CNC4)nccc3c2)C(=O)O)c2csc(N)n2)C(=O)N1OS(=O)(=O)O. The van der Waals surface area contributed by atoms with Crippen molar-refractivity contribution < 1.29 is 46.3 Å². The number of aromatic nitrogens is 2. The van der Waals surface area contributed by atoms with Crippen molar-refractivity contribution >= 4 is 66.8 Å². The van der Waals surface area contributed by atoms with E-state index in [1.54, 1.807) is 37.4 Å². The molecule has 0 radical (unpaired) electrons. The number of oxime groups is 1. The van der Waals surface area contributed by atoms with Crippen molar-refractivity contribution in [2.24, 2.45) is 11.1 Å². The Bertz CT molecular complexity index is 2440. The lowest BCUT2D eigenvalue weighted by Crippen LogP contribution is -2.68. The number of carboxylic acids is 1. The number of aliphatic carboxylic acids is 1. The van der Waals surface area contributed by atoms with Gasteiger partial charge in [0, 0.05) is 36.5 Å². The summed E-state index contributed by atoms with van der Waals surface area (Å²) < 4.78 is 41.2. The number of nitrogens with zero attached hydrogens (tertiary/aromatic N) is 4. The normalized spacial score (nSPS) is 16.0. The molecule has 1 aromatic carbocycles. The lowest BCUT2D eigenvalue weighted by Gasteiger charge is -2.50. The summed E-state index contributed by atoms with van der Waals surface area (Å²) in [4.78, 5) is 51.6. The molecule has 0 bridgehead atoms. The molecule has 2 aliphatic rings. The highest BCUT2D eigenvalue weighted by Crippen LogP contribution is 2.40. The minimum absolute atomic E-state index is 0.0200. The summed E-state index contributed by atoms with van der Waals surface area (Å²) in [5, 5.41) is 23.7. The smallest absolute Gasteiger partial charge is 0.418 e. The maximum atomic E-state index is 13.3. The predicted octanol–water partition coefficient (Wildman–Crippen LogP) is 1.49. The molecule has 2 saturated heterocycles. The number of carboxylic acid groups (broad SMARTS) is 1. The lowest BCUT2D eigenvalue weighted by atomic mass is 9.74. The quantitative estimate of drug-likeness (QED) is 0.0510. The van der Waals surface area contributed by atoms with Crippen molar-refractivity contribution in [2.45, 2.75) is 44.9 Å². The molecule has 0 aliphatic carbocycles. The first-order chi connectivity index (χ1) is 26.6. The molecule has 0 spiro atoms. The zero-order valence-electron chi connectivity index (χ0n) is 29.9. The van der Waals surface area contributed by atoms with Gasteiger partial charge in [0.2, 0.25) is 0 Å². The van der Waals surface area contributed by atoms with E-state index in [4.69, 9.17) is 26.3 Å². The van der Waals surface area contributed by atoms with Gasteiger partial charge >= 0.3 is 16.4 Å². The Balaban J connectivity index is 0.000000552. The zero-order chi connectivity index (χ0) is 40.9. The van der Waals surface area contributed by atoms with Crippen LogP contribution in [0.3, 0.4) is 0 Å². The molecule has 1 unspecified atom stereocenters. The molecule has 2 aromatic heterocycles. The van der Waals surface area contributed by atoms with Gasteiger partial charge in [-0.1, -0.05) is 11.1 Å². The summed E-state index contributed by atoms with van der Waals surface area (Å²) in [6, 6.07) is 7.26. The number of hydrogen-bond acceptors (Lipinski definition) is 15. The van der Waals surface area contributed by atoms with Gasteiger partial charge in [-0.25, -0.2) is 14.8 Å². The second-order valence-corrected chi connectivity index (χ2v) is 13.9. The van der Waals surface area contributed by atoms with Crippen LogP contribution in [0.1, 0.15) is 32.9 Å². The van der Waals surface area contributed by atoms with Crippen LogP contribution < -0.4 is 21.1 Å². The molecule has 6 N–H and O–H groups in total. The third-order valence-corrected chi connectivity index (χ3v) is 8.85. The van der Waals surface area contributed by atoms with Crippen molar-refractivity contribution in [3.05, 3.63) is 41.5 Å². The molecule has 3 aromatic rings. The molecule has 56 heavy (non-hydrogen) atoms. The Labute approximate surface area is 326 Å². The van der Waals surface area contributed by atoms with Gasteiger partial charge in [-0.2, -0.15) is 13.5 Å². The Morgan fingerprint density at radius 1 is 1.18 bits per heavy atom. The van der Waals surface area contributed by atoms with Crippen molar-refractivity contribution in [2.75, 3.05) is 30.7 Å². The summed E-state index contributed by atoms with van der Waals surface area (Å²) in [6.45, 7) is 5.75. The molecule has 2 atom stereocenters. The molecule has 0 saturated carbocycles. The second kappa shape index (κ2) is 19.1. The first-order valence-corrected chi connectivity index (χ1v) is 18.5. The summed E-state index contributed by atoms with van der Waals surface area (Å²) in [7, 11) is -4.99. The van der Waals surface area contributed by atoms with E-state index in [1.165, 1.54) is 19.2 Å². The fourth-order valence-electron chi connectivity index (χ4n) is 4.92. The minimum atomic E-state index is -4.99. The number of amides is 1. The number of nitrogens with two attached hydrogens (primary N) is 1. The molecule has 4 heterocycles. The van der Waals surface area contributed by atoms with Crippen molar-refractivity contribution in [1.82, 2.24) is 20.3 Å². The summed E-state index contributed by atoms with van der Waals surface area (Å²) in [6.07, 6.45) is 4.35. The van der Waals surface area contributed by atoms with E-state index in [0.717, 1.165) is 41.0 Å². The lowest BCUT2D eigenvalue weighted by molar-refractivity contribution is -0.228. The largest absolute Gasteiger partial charge is 0.489 e. The molecule has 17 nitrogen and oxygen atoms in total. The van der Waals surface area contributed by atoms with Crippen LogP contribution in [-0.4, -0.2) is 93.9 Å². The van der Waals surface area contributed by atoms with Crippen LogP contribution in [0.2, 0.25) is 0 Å². The molecular weight excluding hydrogens is 767 g/mol. The van der Waals surface area contributed by atoms with E-state index in [0.29, 0.717) is 10.8 Å². The predicted molar refractivity (Wildman–Crippen MR) is 205 cm³/mol. The van der Waals surface area contributed by atoms with Crippen LogP contribution in [-0.2, 0) is 33.9 Å². The number of terminal acetylenes is 1. The number of Topliss-reactive ketones (excluding diaryl/α,β-unsaturated/α-hetero) is 1. The van der Waals surface area contributed by atoms with Crippen LogP contribution in [0.5, 0.6) is 5.75 Å². The third-order valence-electron chi connectivity index (χ3n) is 7.84. The number of fused-ring (bicyclic) bond motifs is 1. The number of ketones is 1. The Kier molecular flexibility index (Phi) is 14.4. The highest BCUT2D eigenvalue weighted by molar-refractivity contribution is 7.80. The second-order valence-electron chi connectivity index (χ2n) is 12.0. The zero-order valence-corrected chi connectivity index (χ0v) is 31.6. The van der Waals surface area contributed by atoms with Crippen molar-refractivity contribution in [3.63, 3.8) is 0 Å². The van der Waals surface area contributed by atoms with Gasteiger partial charge in [-0.15, -0.1) is 22.0 Å². The molecule has 1 amide bonds. The number of pyridine rings is 1. The number of nitrogen functional groups attached to an aromatic ring is 1. The molecule has 2 aliphatic heterocycles. The standard InChI is InChI=1S/C26H29N7O10S2.C11H4/c1-26(2)17(23(35)33(26)43-45(38,39)40)8-19(34)21(18-12-44-25(27)31-18)32-42-20(24(36)37)11-41-15-3-4-16-13(7-15)5-6-29-22(16)30-14-9-28-10-14;1-3-5-7-9-11-10-8-6-4-2/h3-7,12,14,17,20,28H,8-11H2,1-2H3,(H2,27,31)(H,29,30)(H,36,37)(H,38,39,40);1H,2H3/b32-21-;/t17?,20-;/m0./s1. The summed E-state index contributed by atoms with van der Waals surface area (Å²) in [5.74, 6) is 18.9. The highest BCUT2D eigenvalue weighted by Gasteiger charge is 2.57. The van der Waals surface area contributed by atoms with Crippen LogP contribution in [0.25, 0.3) is 10.8 Å². The minimum Gasteiger partial charge on any atom is -0.489 e. The van der Waals surface area contributed by atoms with Gasteiger partial charge < -0.3 is 31.0 Å². The number of rotatable bonds is 14. The van der Waals surface area contributed by atoms with Gasteiger partial charge in [0.15, 0.2) is 16.6 Å². The van der Waals surface area contributed by atoms with Gasteiger partial charge in [0.1, 0.15) is 23.9 Å². The Morgan fingerprint density at radius 2 is 1.88 bits per heavy atom. The number of nitrogens with one attached hydrogen (secondary N) is 2. The summed E-state index contributed by atoms with van der Waals surface area (Å²) in [5.41, 5.74) is 3.97. The van der Waals surface area contributed by atoms with E-state index in [1.807, 2.05) is 0 Å². The number of benzene rings is 1. The van der Waals surface area contributed by atoms with Gasteiger partial charge in [-0.3, -0.25) is 14.1 Å². The number of hydroxylamine groups is 2. The number of carbonyl (C=O) groups excluding carboxylic acids is 2.